The SMILES string of the molecule is C=CC1CC(NS(C)(=O)=O)C(CO[C@H]2CC[C@@H](c3ccccc3)CC2)N1C(=O)OC. The first kappa shape index (κ1) is 22.8. The van der Waals surface area contributed by atoms with Crippen LogP contribution in [-0.4, -0.2) is 63.6 Å². The summed E-state index contributed by atoms with van der Waals surface area (Å²) in [4.78, 5) is 13.9. The highest BCUT2D eigenvalue weighted by Crippen LogP contribution is 2.35. The van der Waals surface area contributed by atoms with Crippen molar-refractivity contribution in [3.05, 3.63) is 48.6 Å². The van der Waals surface area contributed by atoms with E-state index in [1.165, 1.54) is 12.7 Å². The van der Waals surface area contributed by atoms with E-state index in [2.05, 4.69) is 35.6 Å². The van der Waals surface area contributed by atoms with Gasteiger partial charge in [-0.1, -0.05) is 36.4 Å². The standard InChI is InChI=1S/C22H32N2O5S/c1-4-18-14-20(23-30(3,26)27)21(24(18)22(25)28-2)15-29-19-12-10-17(11-13-19)16-8-6-5-7-9-16/h4-9,17-21,23H,1,10-15H2,2-3H3/t17-,18?,19+,20?,21?. The van der Waals surface area contributed by atoms with Crippen LogP contribution in [0.5, 0.6) is 0 Å². The highest BCUT2D eigenvalue weighted by Gasteiger charge is 2.44. The summed E-state index contributed by atoms with van der Waals surface area (Å²) in [6.45, 7) is 4.05. The van der Waals surface area contributed by atoms with Gasteiger partial charge in [-0.05, 0) is 43.6 Å². The smallest absolute Gasteiger partial charge is 0.410 e. The Kier molecular flexibility index (Phi) is 7.55. The molecule has 2 aliphatic rings. The van der Waals surface area contributed by atoms with Crippen LogP contribution in [0.4, 0.5) is 4.79 Å². The zero-order chi connectivity index (χ0) is 21.7. The minimum Gasteiger partial charge on any atom is -0.453 e. The van der Waals surface area contributed by atoms with Crippen molar-refractivity contribution >= 4 is 16.1 Å². The molecule has 2 fully saturated rings. The van der Waals surface area contributed by atoms with Crippen LogP contribution >= 0.6 is 0 Å². The Morgan fingerprint density at radius 1 is 1.23 bits per heavy atom. The molecule has 3 atom stereocenters. The van der Waals surface area contributed by atoms with Crippen molar-refractivity contribution in [2.45, 2.75) is 62.3 Å². The molecular formula is C22H32N2O5S. The predicted octanol–water partition coefficient (Wildman–Crippen LogP) is 3.04. The molecular weight excluding hydrogens is 404 g/mol. The lowest BCUT2D eigenvalue weighted by atomic mass is 9.83. The first-order valence-corrected chi connectivity index (χ1v) is 12.3. The van der Waals surface area contributed by atoms with E-state index in [4.69, 9.17) is 9.47 Å². The molecule has 1 N–H and O–H groups in total. The molecule has 1 heterocycles. The Hall–Kier alpha value is -1.90. The number of nitrogens with zero attached hydrogens (tertiary/aromatic N) is 1. The zero-order valence-corrected chi connectivity index (χ0v) is 18.5. The number of amides is 1. The monoisotopic (exact) mass is 436 g/mol. The van der Waals surface area contributed by atoms with Gasteiger partial charge < -0.3 is 9.47 Å². The first-order chi connectivity index (χ1) is 14.3. The minimum atomic E-state index is -3.43. The highest BCUT2D eigenvalue weighted by molar-refractivity contribution is 7.88. The maximum Gasteiger partial charge on any atom is 0.410 e. The number of rotatable bonds is 7. The van der Waals surface area contributed by atoms with Crippen LogP contribution in [0.3, 0.4) is 0 Å². The number of sulfonamides is 1. The van der Waals surface area contributed by atoms with Gasteiger partial charge in [0, 0.05) is 6.04 Å². The van der Waals surface area contributed by atoms with Gasteiger partial charge in [-0.25, -0.2) is 17.9 Å². The van der Waals surface area contributed by atoms with Gasteiger partial charge >= 0.3 is 6.09 Å². The molecule has 0 radical (unpaired) electrons. The minimum absolute atomic E-state index is 0.103. The van der Waals surface area contributed by atoms with Gasteiger partial charge in [-0.3, -0.25) is 4.90 Å². The molecule has 0 bridgehead atoms. The van der Waals surface area contributed by atoms with Gasteiger partial charge in [0.15, 0.2) is 0 Å². The molecule has 0 aromatic heterocycles. The fourth-order valence-electron chi connectivity index (χ4n) is 4.68. The van der Waals surface area contributed by atoms with Crippen LogP contribution in [0.2, 0.25) is 0 Å². The van der Waals surface area contributed by atoms with Crippen molar-refractivity contribution in [2.75, 3.05) is 20.0 Å². The molecule has 3 rings (SSSR count). The summed E-state index contributed by atoms with van der Waals surface area (Å²) in [7, 11) is -2.11. The lowest BCUT2D eigenvalue weighted by Gasteiger charge is -2.33. The third-order valence-corrected chi connectivity index (χ3v) is 6.88. The molecule has 1 saturated carbocycles. The Morgan fingerprint density at radius 3 is 2.47 bits per heavy atom. The van der Waals surface area contributed by atoms with E-state index >= 15 is 0 Å². The average molecular weight is 437 g/mol. The Morgan fingerprint density at radius 2 is 1.90 bits per heavy atom. The fourth-order valence-corrected chi connectivity index (χ4v) is 5.48. The largest absolute Gasteiger partial charge is 0.453 e. The summed E-state index contributed by atoms with van der Waals surface area (Å²) >= 11 is 0. The van der Waals surface area contributed by atoms with Gasteiger partial charge in [-0.2, -0.15) is 0 Å². The summed E-state index contributed by atoms with van der Waals surface area (Å²) < 4.78 is 37.5. The van der Waals surface area contributed by atoms with Crippen LogP contribution in [0, 0.1) is 0 Å². The second-order valence-electron chi connectivity index (χ2n) is 8.20. The van der Waals surface area contributed by atoms with E-state index in [-0.39, 0.29) is 18.8 Å². The van der Waals surface area contributed by atoms with Gasteiger partial charge in [-0.15, -0.1) is 6.58 Å². The highest BCUT2D eigenvalue weighted by atomic mass is 32.2. The van der Waals surface area contributed by atoms with E-state index in [0.29, 0.717) is 12.3 Å². The number of likely N-dealkylation sites (tertiary alicyclic amines) is 1. The fraction of sp³-hybridized carbons (Fsp3) is 0.591. The second-order valence-corrected chi connectivity index (χ2v) is 9.98. The summed E-state index contributed by atoms with van der Waals surface area (Å²) in [5.41, 5.74) is 1.37. The van der Waals surface area contributed by atoms with Crippen LogP contribution in [0.25, 0.3) is 0 Å². The maximum absolute atomic E-state index is 12.4. The van der Waals surface area contributed by atoms with Crippen LogP contribution in [0.15, 0.2) is 43.0 Å². The van der Waals surface area contributed by atoms with Crippen molar-refractivity contribution in [3.8, 4) is 0 Å². The average Bonchev–Trinajstić information content (AvgIpc) is 3.08. The summed E-state index contributed by atoms with van der Waals surface area (Å²) in [6, 6.07) is 9.34. The lowest BCUT2D eigenvalue weighted by molar-refractivity contribution is -0.00759. The van der Waals surface area contributed by atoms with Crippen molar-refractivity contribution < 1.29 is 22.7 Å². The number of carbonyl (C=O) groups is 1. The van der Waals surface area contributed by atoms with E-state index in [9.17, 15) is 13.2 Å². The van der Waals surface area contributed by atoms with Crippen molar-refractivity contribution in [3.63, 3.8) is 0 Å². The van der Waals surface area contributed by atoms with E-state index in [1.807, 2.05) is 6.07 Å². The molecule has 1 saturated heterocycles. The number of hydrogen-bond donors (Lipinski definition) is 1. The number of hydrogen-bond acceptors (Lipinski definition) is 5. The Balaban J connectivity index is 1.63. The molecule has 1 amide bonds. The molecule has 3 unspecified atom stereocenters. The van der Waals surface area contributed by atoms with Gasteiger partial charge in [0.25, 0.3) is 0 Å². The second kappa shape index (κ2) is 9.94. The number of benzene rings is 1. The van der Waals surface area contributed by atoms with E-state index in [1.54, 1.807) is 11.0 Å². The number of carbonyl (C=O) groups excluding carboxylic acids is 1. The van der Waals surface area contributed by atoms with Crippen molar-refractivity contribution in [2.24, 2.45) is 0 Å². The topological polar surface area (TPSA) is 84.9 Å². The maximum atomic E-state index is 12.4. The molecule has 30 heavy (non-hydrogen) atoms. The number of nitrogens with one attached hydrogen (secondary N) is 1. The summed E-state index contributed by atoms with van der Waals surface area (Å²) in [5, 5.41) is 0. The van der Waals surface area contributed by atoms with Crippen molar-refractivity contribution in [1.29, 1.82) is 0 Å². The van der Waals surface area contributed by atoms with Crippen LogP contribution in [0.1, 0.15) is 43.6 Å². The van der Waals surface area contributed by atoms with E-state index in [0.717, 1.165) is 31.9 Å². The van der Waals surface area contributed by atoms with Gasteiger partial charge in [0.2, 0.25) is 10.0 Å². The third kappa shape index (κ3) is 5.62. The molecule has 166 valence electrons. The summed E-state index contributed by atoms with van der Waals surface area (Å²) in [6.07, 6.45) is 6.82. The van der Waals surface area contributed by atoms with E-state index < -0.39 is 28.2 Å². The lowest BCUT2D eigenvalue weighted by Crippen LogP contribution is -2.50. The molecule has 0 spiro atoms. The van der Waals surface area contributed by atoms with Crippen LogP contribution < -0.4 is 4.72 Å². The molecule has 8 heteroatoms. The third-order valence-electron chi connectivity index (χ3n) is 6.15. The molecule has 1 aromatic carbocycles. The normalized spacial score (nSPS) is 29.5. The van der Waals surface area contributed by atoms with Gasteiger partial charge in [0.1, 0.15) is 0 Å². The van der Waals surface area contributed by atoms with Crippen molar-refractivity contribution in [1.82, 2.24) is 9.62 Å². The molecule has 1 aliphatic carbocycles. The Bertz CT molecular complexity index is 821. The Labute approximate surface area is 179 Å². The van der Waals surface area contributed by atoms with Crippen LogP contribution in [-0.2, 0) is 19.5 Å². The summed E-state index contributed by atoms with van der Waals surface area (Å²) in [5.74, 6) is 0.550. The molecule has 7 nitrogen and oxygen atoms in total. The number of ether oxygens (including phenoxy) is 2. The first-order valence-electron chi connectivity index (χ1n) is 10.4. The quantitative estimate of drug-likeness (QED) is 0.664. The molecule has 1 aromatic rings. The zero-order valence-electron chi connectivity index (χ0n) is 17.7. The van der Waals surface area contributed by atoms with Gasteiger partial charge in [0.05, 0.1) is 38.2 Å². The predicted molar refractivity (Wildman–Crippen MR) is 116 cm³/mol. The molecule has 1 aliphatic heterocycles. The number of methoxy groups -OCH3 is 1.